The maximum atomic E-state index is 5.88. The van der Waals surface area contributed by atoms with E-state index >= 15 is 0 Å². The lowest BCUT2D eigenvalue weighted by molar-refractivity contribution is 0.312. The second-order valence-corrected chi connectivity index (χ2v) is 4.43. The molecule has 0 radical (unpaired) electrons. The summed E-state index contributed by atoms with van der Waals surface area (Å²) in [5, 5.41) is 0.633. The third-order valence-electron chi connectivity index (χ3n) is 2.59. The number of ether oxygens (including phenoxy) is 1. The molecule has 0 spiro atoms. The van der Waals surface area contributed by atoms with Gasteiger partial charge in [-0.3, -0.25) is 4.98 Å². The number of hydrogen-bond donors (Lipinski definition) is 1. The Morgan fingerprint density at radius 2 is 1.94 bits per heavy atom. The molecular formula is C14H15ClN2O. The molecular weight excluding hydrogens is 248 g/mol. The zero-order valence-electron chi connectivity index (χ0n) is 9.97. The molecule has 2 aromatic rings. The third-order valence-corrected chi connectivity index (χ3v) is 2.83. The topological polar surface area (TPSA) is 48.1 Å². The number of nitrogens with zero attached hydrogens (tertiary/aromatic N) is 1. The number of aromatic nitrogens is 1. The summed E-state index contributed by atoms with van der Waals surface area (Å²) in [6, 6.07) is 9.26. The van der Waals surface area contributed by atoms with Crippen molar-refractivity contribution in [2.24, 2.45) is 0 Å². The van der Waals surface area contributed by atoms with Crippen molar-refractivity contribution >= 4 is 17.3 Å². The van der Waals surface area contributed by atoms with Crippen molar-refractivity contribution in [2.45, 2.75) is 12.8 Å². The van der Waals surface area contributed by atoms with E-state index < -0.39 is 0 Å². The van der Waals surface area contributed by atoms with Crippen LogP contribution in [-0.4, -0.2) is 11.6 Å². The van der Waals surface area contributed by atoms with Crippen molar-refractivity contribution in [2.75, 3.05) is 12.3 Å². The summed E-state index contributed by atoms with van der Waals surface area (Å²) in [6.07, 6.45) is 5.48. The number of aryl methyl sites for hydroxylation is 1. The van der Waals surface area contributed by atoms with E-state index in [-0.39, 0.29) is 0 Å². The first-order chi connectivity index (χ1) is 8.75. The highest BCUT2D eigenvalue weighted by Crippen LogP contribution is 2.25. The highest BCUT2D eigenvalue weighted by atomic mass is 35.5. The first-order valence-corrected chi connectivity index (χ1v) is 6.20. The number of nitrogen functional groups attached to an aromatic ring is 1. The lowest BCUT2D eigenvalue weighted by Gasteiger charge is -2.09. The summed E-state index contributed by atoms with van der Waals surface area (Å²) < 4.78 is 5.61. The maximum absolute atomic E-state index is 5.88. The minimum absolute atomic E-state index is 0.614. The Morgan fingerprint density at radius 3 is 2.72 bits per heavy atom. The van der Waals surface area contributed by atoms with E-state index in [1.165, 1.54) is 5.56 Å². The normalized spacial score (nSPS) is 10.3. The summed E-state index contributed by atoms with van der Waals surface area (Å²) in [6.45, 7) is 0.618. The van der Waals surface area contributed by atoms with Gasteiger partial charge in [0.15, 0.2) is 0 Å². The maximum Gasteiger partial charge on any atom is 0.143 e. The van der Waals surface area contributed by atoms with E-state index in [2.05, 4.69) is 4.98 Å². The minimum atomic E-state index is 0.614. The van der Waals surface area contributed by atoms with Crippen LogP contribution in [0.4, 0.5) is 5.69 Å². The van der Waals surface area contributed by atoms with E-state index in [1.807, 2.05) is 12.1 Å². The monoisotopic (exact) mass is 262 g/mol. The zero-order chi connectivity index (χ0) is 12.8. The molecule has 0 unspecified atom stereocenters. The molecule has 0 fully saturated rings. The number of nitrogens with two attached hydrogens (primary N) is 1. The molecule has 94 valence electrons. The zero-order valence-corrected chi connectivity index (χ0v) is 10.7. The highest BCUT2D eigenvalue weighted by molar-refractivity contribution is 6.30. The molecule has 1 aromatic carbocycles. The first kappa shape index (κ1) is 12.7. The van der Waals surface area contributed by atoms with E-state index in [0.29, 0.717) is 23.1 Å². The fourth-order valence-corrected chi connectivity index (χ4v) is 1.80. The summed E-state index contributed by atoms with van der Waals surface area (Å²) in [5.41, 5.74) is 7.66. The van der Waals surface area contributed by atoms with Crippen LogP contribution >= 0.6 is 11.6 Å². The standard InChI is InChI=1S/C14H15ClN2O/c15-12-3-4-13(16)14(10-12)18-9-1-2-11-5-7-17-8-6-11/h3-8,10H,1-2,9,16H2. The van der Waals surface area contributed by atoms with Gasteiger partial charge in [-0.1, -0.05) is 11.6 Å². The fourth-order valence-electron chi connectivity index (χ4n) is 1.64. The number of pyridine rings is 1. The van der Waals surface area contributed by atoms with Crippen LogP contribution in [0.1, 0.15) is 12.0 Å². The van der Waals surface area contributed by atoms with Crippen molar-refractivity contribution < 1.29 is 4.74 Å². The smallest absolute Gasteiger partial charge is 0.143 e. The second-order valence-electron chi connectivity index (χ2n) is 3.99. The van der Waals surface area contributed by atoms with E-state index in [4.69, 9.17) is 22.1 Å². The molecule has 0 aliphatic rings. The van der Waals surface area contributed by atoms with Gasteiger partial charge in [-0.05, 0) is 42.7 Å². The van der Waals surface area contributed by atoms with Gasteiger partial charge in [0.05, 0.1) is 12.3 Å². The van der Waals surface area contributed by atoms with Gasteiger partial charge in [-0.2, -0.15) is 0 Å². The van der Waals surface area contributed by atoms with Crippen LogP contribution in [0.3, 0.4) is 0 Å². The third kappa shape index (κ3) is 3.64. The van der Waals surface area contributed by atoms with E-state index in [0.717, 1.165) is 12.8 Å². The Hall–Kier alpha value is -1.74. The Morgan fingerprint density at radius 1 is 1.17 bits per heavy atom. The Bertz CT molecular complexity index is 502. The molecule has 0 atom stereocenters. The molecule has 0 bridgehead atoms. The predicted octanol–water partition coefficient (Wildman–Crippen LogP) is 3.33. The lowest BCUT2D eigenvalue weighted by atomic mass is 10.1. The van der Waals surface area contributed by atoms with Gasteiger partial charge < -0.3 is 10.5 Å². The Kier molecular flexibility index (Phi) is 4.42. The van der Waals surface area contributed by atoms with Gasteiger partial charge >= 0.3 is 0 Å². The SMILES string of the molecule is Nc1ccc(Cl)cc1OCCCc1ccncc1. The summed E-state index contributed by atoms with van der Waals surface area (Å²) in [5.74, 6) is 0.650. The molecule has 2 N–H and O–H groups in total. The molecule has 2 rings (SSSR count). The van der Waals surface area contributed by atoms with Crippen molar-refractivity contribution in [1.82, 2.24) is 4.98 Å². The lowest BCUT2D eigenvalue weighted by Crippen LogP contribution is -2.01. The van der Waals surface area contributed by atoms with Gasteiger partial charge in [-0.25, -0.2) is 0 Å². The van der Waals surface area contributed by atoms with Crippen LogP contribution in [0.15, 0.2) is 42.7 Å². The number of anilines is 1. The van der Waals surface area contributed by atoms with Crippen LogP contribution < -0.4 is 10.5 Å². The van der Waals surface area contributed by atoms with E-state index in [1.54, 1.807) is 30.6 Å². The molecule has 1 aromatic heterocycles. The first-order valence-electron chi connectivity index (χ1n) is 5.82. The van der Waals surface area contributed by atoms with Crippen molar-refractivity contribution in [3.63, 3.8) is 0 Å². The largest absolute Gasteiger partial charge is 0.491 e. The van der Waals surface area contributed by atoms with Gasteiger partial charge in [0.25, 0.3) is 0 Å². The molecule has 0 aliphatic heterocycles. The Balaban J connectivity index is 1.80. The van der Waals surface area contributed by atoms with Crippen molar-refractivity contribution in [1.29, 1.82) is 0 Å². The summed E-state index contributed by atoms with van der Waals surface area (Å²) in [4.78, 5) is 3.98. The van der Waals surface area contributed by atoms with Crippen LogP contribution in [0, 0.1) is 0 Å². The predicted molar refractivity (Wildman–Crippen MR) is 73.9 cm³/mol. The van der Waals surface area contributed by atoms with Crippen LogP contribution in [0.2, 0.25) is 5.02 Å². The Labute approximate surface area is 112 Å². The molecule has 0 saturated heterocycles. The fraction of sp³-hybridized carbons (Fsp3) is 0.214. The van der Waals surface area contributed by atoms with Gasteiger partial charge in [-0.15, -0.1) is 0 Å². The number of rotatable bonds is 5. The van der Waals surface area contributed by atoms with E-state index in [9.17, 15) is 0 Å². The second kappa shape index (κ2) is 6.26. The number of halogens is 1. The summed E-state index contributed by atoms with van der Waals surface area (Å²) >= 11 is 5.88. The van der Waals surface area contributed by atoms with Gasteiger partial charge in [0.1, 0.15) is 5.75 Å². The molecule has 18 heavy (non-hydrogen) atoms. The molecule has 1 heterocycles. The minimum Gasteiger partial charge on any atom is -0.491 e. The molecule has 0 aliphatic carbocycles. The van der Waals surface area contributed by atoms with Crippen LogP contribution in [0.5, 0.6) is 5.75 Å². The molecule has 0 amide bonds. The van der Waals surface area contributed by atoms with Gasteiger partial charge in [0.2, 0.25) is 0 Å². The van der Waals surface area contributed by atoms with Crippen LogP contribution in [0.25, 0.3) is 0 Å². The average molecular weight is 263 g/mol. The quantitative estimate of drug-likeness (QED) is 0.664. The molecule has 4 heteroatoms. The molecule has 0 saturated carbocycles. The van der Waals surface area contributed by atoms with Gasteiger partial charge in [0, 0.05) is 23.5 Å². The number of benzene rings is 1. The van der Waals surface area contributed by atoms with Crippen LogP contribution in [-0.2, 0) is 6.42 Å². The number of hydrogen-bond acceptors (Lipinski definition) is 3. The van der Waals surface area contributed by atoms with Crippen molar-refractivity contribution in [3.8, 4) is 5.75 Å². The van der Waals surface area contributed by atoms with Crippen molar-refractivity contribution in [3.05, 3.63) is 53.3 Å². The summed E-state index contributed by atoms with van der Waals surface area (Å²) in [7, 11) is 0. The molecule has 3 nitrogen and oxygen atoms in total. The average Bonchev–Trinajstić information content (AvgIpc) is 2.40. The highest BCUT2D eigenvalue weighted by Gasteiger charge is 2.01.